The number of aliphatic imine (C=N–C) groups is 1. The Kier molecular flexibility index (Phi) is 12.4. The Hall–Kier alpha value is -0.810. The predicted octanol–water partition coefficient (Wildman–Crippen LogP) is 1.94. The van der Waals surface area contributed by atoms with Gasteiger partial charge < -0.3 is 20.3 Å². The zero-order chi connectivity index (χ0) is 16.1. The first-order valence-electron chi connectivity index (χ1n) is 8.29. The minimum atomic E-state index is 0.319. The first kappa shape index (κ1) is 20.2. The van der Waals surface area contributed by atoms with Crippen molar-refractivity contribution in [3.05, 3.63) is 0 Å². The van der Waals surface area contributed by atoms with Gasteiger partial charge in [0, 0.05) is 26.2 Å². The van der Waals surface area contributed by atoms with E-state index in [1.165, 1.54) is 0 Å². The van der Waals surface area contributed by atoms with Gasteiger partial charge in [0.2, 0.25) is 0 Å². The number of ether oxygens (including phenoxy) is 1. The summed E-state index contributed by atoms with van der Waals surface area (Å²) in [7, 11) is 4.18. The monoisotopic (exact) mass is 300 g/mol. The number of nitrogens with zero attached hydrogens (tertiary/aromatic N) is 2. The van der Waals surface area contributed by atoms with E-state index in [9.17, 15) is 0 Å². The van der Waals surface area contributed by atoms with E-state index in [2.05, 4.69) is 62.3 Å². The van der Waals surface area contributed by atoms with Gasteiger partial charge in [-0.2, -0.15) is 0 Å². The molecular weight excluding hydrogens is 264 g/mol. The van der Waals surface area contributed by atoms with E-state index in [0.29, 0.717) is 12.0 Å². The molecule has 0 fully saturated rings. The van der Waals surface area contributed by atoms with Crippen molar-refractivity contribution in [2.75, 3.05) is 46.9 Å². The van der Waals surface area contributed by atoms with E-state index >= 15 is 0 Å². The molecule has 0 amide bonds. The maximum Gasteiger partial charge on any atom is 0.191 e. The summed E-state index contributed by atoms with van der Waals surface area (Å²) in [6, 6.07) is 0. The number of hydrogen-bond donors (Lipinski definition) is 2. The smallest absolute Gasteiger partial charge is 0.191 e. The summed E-state index contributed by atoms with van der Waals surface area (Å²) >= 11 is 0. The molecular formula is C16H36N4O. The van der Waals surface area contributed by atoms with Crippen LogP contribution >= 0.6 is 0 Å². The molecule has 0 aliphatic carbocycles. The van der Waals surface area contributed by atoms with E-state index in [4.69, 9.17) is 4.74 Å². The summed E-state index contributed by atoms with van der Waals surface area (Å²) < 4.78 is 5.76. The normalized spacial score (nSPS) is 13.8. The molecule has 0 aromatic carbocycles. The van der Waals surface area contributed by atoms with Crippen LogP contribution in [0.4, 0.5) is 0 Å². The Morgan fingerprint density at radius 3 is 2.43 bits per heavy atom. The van der Waals surface area contributed by atoms with E-state index < -0.39 is 0 Å². The summed E-state index contributed by atoms with van der Waals surface area (Å²) in [6.45, 7) is 13.0. The minimum Gasteiger partial charge on any atom is -0.378 e. The Bertz CT molecular complexity index is 267. The van der Waals surface area contributed by atoms with Crippen LogP contribution < -0.4 is 10.6 Å². The molecule has 0 aliphatic rings. The van der Waals surface area contributed by atoms with Crippen LogP contribution in [0, 0.1) is 5.92 Å². The highest BCUT2D eigenvalue weighted by Gasteiger charge is 2.12. The average Bonchev–Trinajstić information content (AvgIpc) is 2.42. The van der Waals surface area contributed by atoms with Crippen LogP contribution in [0.3, 0.4) is 0 Å². The second-order valence-corrected chi connectivity index (χ2v) is 5.87. The SMILES string of the molecule is CCNC(=NCCCN(C)C)NCCC(OCC)C(C)C. The van der Waals surface area contributed by atoms with E-state index in [1.54, 1.807) is 0 Å². The first-order chi connectivity index (χ1) is 10.0. The maximum absolute atomic E-state index is 5.76. The molecule has 0 aliphatic heterocycles. The lowest BCUT2D eigenvalue weighted by Crippen LogP contribution is -2.39. The molecule has 5 heteroatoms. The number of guanidine groups is 1. The van der Waals surface area contributed by atoms with Crippen molar-refractivity contribution >= 4 is 5.96 Å². The van der Waals surface area contributed by atoms with E-state index in [0.717, 1.165) is 51.6 Å². The van der Waals surface area contributed by atoms with Gasteiger partial charge in [0.05, 0.1) is 6.10 Å². The zero-order valence-electron chi connectivity index (χ0n) is 14.9. The van der Waals surface area contributed by atoms with Crippen LogP contribution in [0.1, 0.15) is 40.5 Å². The molecule has 0 spiro atoms. The first-order valence-corrected chi connectivity index (χ1v) is 8.29. The van der Waals surface area contributed by atoms with Crippen LogP contribution in [-0.4, -0.2) is 63.8 Å². The van der Waals surface area contributed by atoms with Gasteiger partial charge in [-0.3, -0.25) is 4.99 Å². The zero-order valence-corrected chi connectivity index (χ0v) is 14.9. The van der Waals surface area contributed by atoms with Gasteiger partial charge in [-0.1, -0.05) is 13.8 Å². The standard InChI is InChI=1S/C16H36N4O/c1-7-17-16(18-11-9-13-20(5)6)19-12-10-15(14(3)4)21-8-2/h14-15H,7-13H2,1-6H3,(H2,17,18,19). The fraction of sp³-hybridized carbons (Fsp3) is 0.938. The molecule has 0 radical (unpaired) electrons. The topological polar surface area (TPSA) is 48.9 Å². The summed E-state index contributed by atoms with van der Waals surface area (Å²) in [5.74, 6) is 1.46. The molecule has 0 saturated heterocycles. The molecule has 5 nitrogen and oxygen atoms in total. The van der Waals surface area contributed by atoms with Gasteiger partial charge in [0.1, 0.15) is 0 Å². The van der Waals surface area contributed by atoms with Crippen molar-refractivity contribution in [2.24, 2.45) is 10.9 Å². The van der Waals surface area contributed by atoms with Crippen molar-refractivity contribution in [3.8, 4) is 0 Å². The fourth-order valence-corrected chi connectivity index (χ4v) is 2.08. The molecule has 0 bridgehead atoms. The lowest BCUT2D eigenvalue weighted by molar-refractivity contribution is 0.0258. The molecule has 0 saturated carbocycles. The van der Waals surface area contributed by atoms with Crippen LogP contribution in [0.2, 0.25) is 0 Å². The third-order valence-electron chi connectivity index (χ3n) is 3.22. The molecule has 1 atom stereocenters. The lowest BCUT2D eigenvalue weighted by atomic mass is 10.0. The molecule has 1 unspecified atom stereocenters. The highest BCUT2D eigenvalue weighted by molar-refractivity contribution is 5.79. The summed E-state index contributed by atoms with van der Waals surface area (Å²) in [6.07, 6.45) is 2.41. The number of hydrogen-bond acceptors (Lipinski definition) is 3. The van der Waals surface area contributed by atoms with Crippen molar-refractivity contribution in [3.63, 3.8) is 0 Å². The Morgan fingerprint density at radius 2 is 1.90 bits per heavy atom. The van der Waals surface area contributed by atoms with Crippen molar-refractivity contribution in [1.82, 2.24) is 15.5 Å². The second-order valence-electron chi connectivity index (χ2n) is 5.87. The summed E-state index contributed by atoms with van der Waals surface area (Å²) in [5.41, 5.74) is 0. The Balaban J connectivity index is 4.09. The van der Waals surface area contributed by atoms with E-state index in [1.807, 2.05) is 0 Å². The van der Waals surface area contributed by atoms with Gasteiger partial charge in [0.15, 0.2) is 5.96 Å². The molecule has 0 heterocycles. The van der Waals surface area contributed by atoms with Crippen LogP contribution in [0.5, 0.6) is 0 Å². The van der Waals surface area contributed by atoms with Crippen LogP contribution in [0.15, 0.2) is 4.99 Å². The largest absolute Gasteiger partial charge is 0.378 e. The van der Waals surface area contributed by atoms with Gasteiger partial charge in [-0.05, 0) is 53.2 Å². The van der Waals surface area contributed by atoms with Crippen LogP contribution in [0.25, 0.3) is 0 Å². The lowest BCUT2D eigenvalue weighted by Gasteiger charge is -2.21. The molecule has 2 N–H and O–H groups in total. The second kappa shape index (κ2) is 12.9. The summed E-state index contributed by atoms with van der Waals surface area (Å²) in [5, 5.41) is 6.69. The quantitative estimate of drug-likeness (QED) is 0.348. The van der Waals surface area contributed by atoms with Crippen molar-refractivity contribution in [2.45, 2.75) is 46.6 Å². The highest BCUT2D eigenvalue weighted by Crippen LogP contribution is 2.09. The maximum atomic E-state index is 5.76. The molecule has 21 heavy (non-hydrogen) atoms. The fourth-order valence-electron chi connectivity index (χ4n) is 2.08. The molecule has 0 aromatic rings. The van der Waals surface area contributed by atoms with E-state index in [-0.39, 0.29) is 0 Å². The van der Waals surface area contributed by atoms with Crippen molar-refractivity contribution in [1.29, 1.82) is 0 Å². The summed E-state index contributed by atoms with van der Waals surface area (Å²) in [4.78, 5) is 6.79. The molecule has 126 valence electrons. The van der Waals surface area contributed by atoms with Crippen LogP contribution in [-0.2, 0) is 4.74 Å². The number of nitrogens with one attached hydrogen (secondary N) is 2. The third kappa shape index (κ3) is 11.5. The minimum absolute atomic E-state index is 0.319. The van der Waals surface area contributed by atoms with Gasteiger partial charge in [-0.25, -0.2) is 0 Å². The molecule has 0 rings (SSSR count). The van der Waals surface area contributed by atoms with Gasteiger partial charge in [0.25, 0.3) is 0 Å². The van der Waals surface area contributed by atoms with Gasteiger partial charge >= 0.3 is 0 Å². The third-order valence-corrected chi connectivity index (χ3v) is 3.22. The average molecular weight is 300 g/mol. The number of rotatable bonds is 11. The Labute approximate surface area is 131 Å². The molecule has 0 aromatic heterocycles. The Morgan fingerprint density at radius 1 is 1.19 bits per heavy atom. The van der Waals surface area contributed by atoms with Gasteiger partial charge in [-0.15, -0.1) is 0 Å². The van der Waals surface area contributed by atoms with Crippen molar-refractivity contribution < 1.29 is 4.74 Å². The highest BCUT2D eigenvalue weighted by atomic mass is 16.5. The predicted molar refractivity (Wildman–Crippen MR) is 92.0 cm³/mol.